The molecule has 0 aromatic carbocycles. The predicted octanol–water partition coefficient (Wildman–Crippen LogP) is 2.79. The molecular weight excluding hydrogens is 284 g/mol. The van der Waals surface area contributed by atoms with Gasteiger partial charge in [0.25, 0.3) is 0 Å². The lowest BCUT2D eigenvalue weighted by Gasteiger charge is -2.01. The molecular formula is C16H18N2O4. The van der Waals surface area contributed by atoms with Crippen molar-refractivity contribution >= 4 is 11.9 Å². The van der Waals surface area contributed by atoms with Gasteiger partial charge in [0.05, 0.1) is 11.3 Å². The highest BCUT2D eigenvalue weighted by Crippen LogP contribution is 2.10. The molecule has 6 heteroatoms. The molecule has 0 fully saturated rings. The van der Waals surface area contributed by atoms with E-state index in [0.717, 1.165) is 16.7 Å². The van der Waals surface area contributed by atoms with Gasteiger partial charge in [-0.2, -0.15) is 0 Å². The van der Waals surface area contributed by atoms with Crippen molar-refractivity contribution in [1.29, 1.82) is 0 Å². The second-order valence-corrected chi connectivity index (χ2v) is 4.80. The van der Waals surface area contributed by atoms with Gasteiger partial charge in [0, 0.05) is 12.4 Å². The average molecular weight is 302 g/mol. The van der Waals surface area contributed by atoms with E-state index in [9.17, 15) is 9.59 Å². The molecule has 6 nitrogen and oxygen atoms in total. The molecule has 2 aromatic rings. The molecule has 116 valence electrons. The Hall–Kier alpha value is -2.76. The first-order valence-electron chi connectivity index (χ1n) is 6.56. The fourth-order valence-corrected chi connectivity index (χ4v) is 1.87. The van der Waals surface area contributed by atoms with Crippen LogP contribution in [0.5, 0.6) is 0 Å². The topological polar surface area (TPSA) is 100 Å². The summed E-state index contributed by atoms with van der Waals surface area (Å²) in [6.45, 7) is 7.07. The summed E-state index contributed by atoms with van der Waals surface area (Å²) in [6, 6.07) is 3.48. The minimum atomic E-state index is -0.966. The molecule has 22 heavy (non-hydrogen) atoms. The Bertz CT molecular complexity index is 691. The predicted molar refractivity (Wildman–Crippen MR) is 81.3 cm³/mol. The monoisotopic (exact) mass is 302 g/mol. The van der Waals surface area contributed by atoms with Crippen LogP contribution in [0, 0.1) is 27.7 Å². The molecule has 0 aliphatic rings. The Labute approximate surface area is 128 Å². The van der Waals surface area contributed by atoms with Crippen LogP contribution >= 0.6 is 0 Å². The summed E-state index contributed by atoms with van der Waals surface area (Å²) in [4.78, 5) is 28.7. The number of carbonyl (C=O) groups is 2. The van der Waals surface area contributed by atoms with E-state index >= 15 is 0 Å². The lowest BCUT2D eigenvalue weighted by molar-refractivity contribution is 0.0681. The number of aromatic carboxylic acids is 2. The molecule has 0 spiro atoms. The van der Waals surface area contributed by atoms with Crippen LogP contribution in [0.15, 0.2) is 24.5 Å². The van der Waals surface area contributed by atoms with Gasteiger partial charge in [0.2, 0.25) is 0 Å². The number of pyridine rings is 2. The van der Waals surface area contributed by atoms with E-state index in [-0.39, 0.29) is 5.69 Å². The zero-order valence-electron chi connectivity index (χ0n) is 12.9. The van der Waals surface area contributed by atoms with Gasteiger partial charge in [-0.25, -0.2) is 14.6 Å². The summed E-state index contributed by atoms with van der Waals surface area (Å²) in [5.74, 6) is -1.88. The Morgan fingerprint density at radius 2 is 1.41 bits per heavy atom. The van der Waals surface area contributed by atoms with Crippen LogP contribution in [0.2, 0.25) is 0 Å². The highest BCUT2D eigenvalue weighted by Gasteiger charge is 2.10. The standard InChI is InChI=1S/2C8H9NO2/c1-5-3-4-9-6(2)7(5)8(10)11;1-5-3-4-9-7(6(5)2)8(10)11/h2*3-4H,1-2H3,(H,10,11). The SMILES string of the molecule is Cc1ccnc(C(=O)O)c1C.Cc1ccnc(C)c1C(=O)O. The van der Waals surface area contributed by atoms with E-state index in [0.29, 0.717) is 11.3 Å². The zero-order valence-corrected chi connectivity index (χ0v) is 12.9. The highest BCUT2D eigenvalue weighted by atomic mass is 16.4. The Morgan fingerprint density at radius 1 is 0.864 bits per heavy atom. The van der Waals surface area contributed by atoms with Crippen LogP contribution in [0.1, 0.15) is 43.2 Å². The molecule has 0 bridgehead atoms. The molecule has 0 aliphatic heterocycles. The van der Waals surface area contributed by atoms with Crippen molar-refractivity contribution in [2.45, 2.75) is 27.7 Å². The molecule has 0 aliphatic carbocycles. The maximum Gasteiger partial charge on any atom is 0.354 e. The van der Waals surface area contributed by atoms with Gasteiger partial charge in [-0.1, -0.05) is 0 Å². The number of carboxylic acids is 2. The van der Waals surface area contributed by atoms with E-state index < -0.39 is 11.9 Å². The summed E-state index contributed by atoms with van der Waals surface area (Å²) in [5.41, 5.74) is 3.47. The van der Waals surface area contributed by atoms with Crippen molar-refractivity contribution in [3.8, 4) is 0 Å². The number of nitrogens with zero attached hydrogens (tertiary/aromatic N) is 2. The normalized spacial score (nSPS) is 9.64. The number of aryl methyl sites for hydroxylation is 3. The van der Waals surface area contributed by atoms with Crippen LogP contribution in [-0.2, 0) is 0 Å². The molecule has 2 heterocycles. The maximum atomic E-state index is 10.6. The first-order valence-corrected chi connectivity index (χ1v) is 6.56. The van der Waals surface area contributed by atoms with E-state index in [1.165, 1.54) is 6.20 Å². The maximum absolute atomic E-state index is 10.6. The van der Waals surface area contributed by atoms with Gasteiger partial charge in [-0.05, 0) is 56.5 Å². The second-order valence-electron chi connectivity index (χ2n) is 4.80. The lowest BCUT2D eigenvalue weighted by Crippen LogP contribution is -2.03. The van der Waals surface area contributed by atoms with Crippen molar-refractivity contribution < 1.29 is 19.8 Å². The van der Waals surface area contributed by atoms with Crippen molar-refractivity contribution in [2.75, 3.05) is 0 Å². The fraction of sp³-hybridized carbons (Fsp3) is 0.250. The number of rotatable bonds is 2. The first-order chi connectivity index (χ1) is 10.3. The van der Waals surface area contributed by atoms with Crippen LogP contribution in [-0.4, -0.2) is 32.1 Å². The number of aromatic nitrogens is 2. The third kappa shape index (κ3) is 4.12. The molecule has 0 saturated heterocycles. The molecule has 0 saturated carbocycles. The summed E-state index contributed by atoms with van der Waals surface area (Å²) >= 11 is 0. The first kappa shape index (κ1) is 17.3. The van der Waals surface area contributed by atoms with Crippen LogP contribution in [0.3, 0.4) is 0 Å². The smallest absolute Gasteiger partial charge is 0.354 e. The number of hydrogen-bond donors (Lipinski definition) is 2. The third-order valence-corrected chi connectivity index (χ3v) is 3.24. The molecule has 0 atom stereocenters. The van der Waals surface area contributed by atoms with Crippen molar-refractivity contribution in [2.24, 2.45) is 0 Å². The van der Waals surface area contributed by atoms with E-state index in [4.69, 9.17) is 10.2 Å². The van der Waals surface area contributed by atoms with Gasteiger partial charge >= 0.3 is 11.9 Å². The van der Waals surface area contributed by atoms with Gasteiger partial charge in [-0.15, -0.1) is 0 Å². The quantitative estimate of drug-likeness (QED) is 0.884. The number of carboxylic acid groups (broad SMARTS) is 2. The van der Waals surface area contributed by atoms with Crippen LogP contribution < -0.4 is 0 Å². The van der Waals surface area contributed by atoms with Crippen molar-refractivity contribution in [1.82, 2.24) is 9.97 Å². The molecule has 2 rings (SSSR count). The summed E-state index contributed by atoms with van der Waals surface area (Å²) in [5, 5.41) is 17.3. The van der Waals surface area contributed by atoms with Crippen LogP contribution in [0.25, 0.3) is 0 Å². The summed E-state index contributed by atoms with van der Waals surface area (Å²) < 4.78 is 0. The van der Waals surface area contributed by atoms with Gasteiger partial charge < -0.3 is 10.2 Å². The minimum Gasteiger partial charge on any atom is -0.478 e. The summed E-state index contributed by atoms with van der Waals surface area (Å²) in [7, 11) is 0. The second kappa shape index (κ2) is 7.31. The zero-order chi connectivity index (χ0) is 16.9. The van der Waals surface area contributed by atoms with E-state index in [1.54, 1.807) is 39.1 Å². The lowest BCUT2D eigenvalue weighted by atomic mass is 10.1. The van der Waals surface area contributed by atoms with E-state index in [2.05, 4.69) is 9.97 Å². The van der Waals surface area contributed by atoms with Crippen LogP contribution in [0.4, 0.5) is 0 Å². The average Bonchev–Trinajstić information content (AvgIpc) is 2.41. The Balaban J connectivity index is 0.000000220. The highest BCUT2D eigenvalue weighted by molar-refractivity contribution is 5.90. The third-order valence-electron chi connectivity index (χ3n) is 3.24. The largest absolute Gasteiger partial charge is 0.478 e. The Kier molecular flexibility index (Phi) is 5.74. The van der Waals surface area contributed by atoms with Crippen molar-refractivity contribution in [3.63, 3.8) is 0 Å². The molecule has 0 amide bonds. The van der Waals surface area contributed by atoms with E-state index in [1.807, 2.05) is 6.92 Å². The minimum absolute atomic E-state index is 0.144. The molecule has 0 radical (unpaired) electrons. The molecule has 2 aromatic heterocycles. The van der Waals surface area contributed by atoms with Gasteiger partial charge in [0.15, 0.2) is 5.69 Å². The fourth-order valence-electron chi connectivity index (χ4n) is 1.87. The van der Waals surface area contributed by atoms with Crippen molar-refractivity contribution in [3.05, 3.63) is 58.2 Å². The Morgan fingerprint density at radius 3 is 1.82 bits per heavy atom. The van der Waals surface area contributed by atoms with Gasteiger partial charge in [0.1, 0.15) is 0 Å². The molecule has 0 unspecified atom stereocenters. The summed E-state index contributed by atoms with van der Waals surface area (Å²) in [6.07, 6.45) is 3.11. The number of hydrogen-bond acceptors (Lipinski definition) is 4. The molecule has 2 N–H and O–H groups in total. The van der Waals surface area contributed by atoms with Gasteiger partial charge in [-0.3, -0.25) is 4.98 Å².